The molecule has 1 atom stereocenters. The SMILES string of the molecule is CCCCNC(=O)[C@@H](C)N(Cc1ccc(C)cc1)C(=O)CCCN(c1cccc(C)c1C)S(C)(=O)=O. The second-order valence-electron chi connectivity index (χ2n) is 9.49. The zero-order valence-electron chi connectivity index (χ0n) is 22.5. The second-order valence-corrected chi connectivity index (χ2v) is 11.4. The highest BCUT2D eigenvalue weighted by Crippen LogP contribution is 2.25. The zero-order valence-corrected chi connectivity index (χ0v) is 23.3. The molecule has 2 rings (SSSR count). The van der Waals surface area contributed by atoms with Crippen molar-refractivity contribution < 1.29 is 18.0 Å². The number of hydrogen-bond donors (Lipinski definition) is 1. The van der Waals surface area contributed by atoms with E-state index < -0.39 is 16.1 Å². The maximum Gasteiger partial charge on any atom is 0.242 e. The molecule has 0 unspecified atom stereocenters. The number of unbranched alkanes of at least 4 members (excludes halogenated alkanes) is 1. The van der Waals surface area contributed by atoms with Crippen molar-refractivity contribution in [3.8, 4) is 0 Å². The van der Waals surface area contributed by atoms with Gasteiger partial charge in [-0.15, -0.1) is 0 Å². The number of carbonyl (C=O) groups excluding carboxylic acids is 2. The van der Waals surface area contributed by atoms with Gasteiger partial charge in [0.2, 0.25) is 21.8 Å². The van der Waals surface area contributed by atoms with E-state index in [1.54, 1.807) is 17.9 Å². The highest BCUT2D eigenvalue weighted by Gasteiger charge is 2.26. The van der Waals surface area contributed by atoms with Gasteiger partial charge in [-0.05, 0) is 63.3 Å². The number of nitrogens with zero attached hydrogens (tertiary/aromatic N) is 2. The largest absolute Gasteiger partial charge is 0.354 e. The standard InChI is InChI=1S/C28H41N3O4S/c1-7-8-18-29-28(33)24(5)30(20-25-16-14-21(2)15-17-25)27(32)13-10-19-31(36(6,34)35)26-12-9-11-22(3)23(26)4/h9,11-12,14-17,24H,7-8,10,13,18-20H2,1-6H3,(H,29,33)/t24-/m1/s1. The van der Waals surface area contributed by atoms with Crippen LogP contribution in [0.5, 0.6) is 0 Å². The molecule has 0 aliphatic rings. The molecular weight excluding hydrogens is 474 g/mol. The molecule has 1 N–H and O–H groups in total. The summed E-state index contributed by atoms with van der Waals surface area (Å²) in [5, 5.41) is 2.92. The molecule has 0 spiro atoms. The number of carbonyl (C=O) groups is 2. The van der Waals surface area contributed by atoms with Gasteiger partial charge in [-0.2, -0.15) is 0 Å². The highest BCUT2D eigenvalue weighted by molar-refractivity contribution is 7.92. The van der Waals surface area contributed by atoms with Crippen LogP contribution in [0.15, 0.2) is 42.5 Å². The molecule has 2 aromatic rings. The van der Waals surface area contributed by atoms with Gasteiger partial charge in [-0.1, -0.05) is 55.3 Å². The van der Waals surface area contributed by atoms with Crippen LogP contribution in [-0.4, -0.2) is 50.5 Å². The fourth-order valence-corrected chi connectivity index (χ4v) is 5.01. The summed E-state index contributed by atoms with van der Waals surface area (Å²) in [6, 6.07) is 12.8. The van der Waals surface area contributed by atoms with Gasteiger partial charge in [0.25, 0.3) is 0 Å². The van der Waals surface area contributed by atoms with Crippen molar-refractivity contribution in [2.45, 2.75) is 72.9 Å². The molecule has 7 nitrogen and oxygen atoms in total. The van der Waals surface area contributed by atoms with Crippen molar-refractivity contribution in [1.82, 2.24) is 10.2 Å². The molecule has 0 radical (unpaired) electrons. The van der Waals surface area contributed by atoms with Gasteiger partial charge in [0.15, 0.2) is 0 Å². The molecule has 0 fully saturated rings. The summed E-state index contributed by atoms with van der Waals surface area (Å²) in [5.74, 6) is -0.361. The van der Waals surface area contributed by atoms with Gasteiger partial charge in [0, 0.05) is 26.1 Å². The van der Waals surface area contributed by atoms with E-state index in [4.69, 9.17) is 0 Å². The van der Waals surface area contributed by atoms with Gasteiger partial charge in [0.1, 0.15) is 6.04 Å². The van der Waals surface area contributed by atoms with Crippen LogP contribution in [0.25, 0.3) is 0 Å². The average molecular weight is 516 g/mol. The molecule has 0 aliphatic heterocycles. The number of anilines is 1. The number of hydrogen-bond acceptors (Lipinski definition) is 4. The van der Waals surface area contributed by atoms with E-state index in [9.17, 15) is 18.0 Å². The van der Waals surface area contributed by atoms with Crippen LogP contribution >= 0.6 is 0 Å². The third-order valence-corrected chi connectivity index (χ3v) is 7.65. The molecule has 8 heteroatoms. The summed E-state index contributed by atoms with van der Waals surface area (Å²) >= 11 is 0. The van der Waals surface area contributed by atoms with Crippen molar-refractivity contribution in [3.63, 3.8) is 0 Å². The smallest absolute Gasteiger partial charge is 0.242 e. The zero-order chi connectivity index (χ0) is 26.9. The Morgan fingerprint density at radius 1 is 1.00 bits per heavy atom. The van der Waals surface area contributed by atoms with E-state index in [2.05, 4.69) is 12.2 Å². The lowest BCUT2D eigenvalue weighted by Gasteiger charge is -2.30. The molecule has 2 aromatic carbocycles. The lowest BCUT2D eigenvalue weighted by atomic mass is 10.1. The fourth-order valence-electron chi connectivity index (χ4n) is 4.00. The van der Waals surface area contributed by atoms with E-state index in [-0.39, 0.29) is 24.8 Å². The topological polar surface area (TPSA) is 86.8 Å². The molecule has 36 heavy (non-hydrogen) atoms. The molecule has 198 valence electrons. The minimum Gasteiger partial charge on any atom is -0.354 e. The molecule has 0 bridgehead atoms. The Hall–Kier alpha value is -2.87. The van der Waals surface area contributed by atoms with Crippen LogP contribution in [0.1, 0.15) is 61.8 Å². The first-order valence-corrected chi connectivity index (χ1v) is 14.5. The lowest BCUT2D eigenvalue weighted by molar-refractivity contribution is -0.140. The molecule has 0 aromatic heterocycles. The first kappa shape index (κ1) is 29.4. The highest BCUT2D eigenvalue weighted by atomic mass is 32.2. The molecule has 0 saturated heterocycles. The first-order chi connectivity index (χ1) is 17.0. The maximum absolute atomic E-state index is 13.4. The number of aryl methyl sites for hydroxylation is 2. The van der Waals surface area contributed by atoms with E-state index in [0.29, 0.717) is 25.2 Å². The molecular formula is C28H41N3O4S. The normalized spacial score (nSPS) is 12.2. The predicted molar refractivity (Wildman–Crippen MR) is 146 cm³/mol. The van der Waals surface area contributed by atoms with Crippen LogP contribution in [-0.2, 0) is 26.2 Å². The Balaban J connectivity index is 2.17. The van der Waals surface area contributed by atoms with Crippen molar-refractivity contribution in [2.24, 2.45) is 0 Å². The Labute approximate surface area is 216 Å². The van der Waals surface area contributed by atoms with Crippen molar-refractivity contribution in [2.75, 3.05) is 23.7 Å². The lowest BCUT2D eigenvalue weighted by Crippen LogP contribution is -2.48. The van der Waals surface area contributed by atoms with Gasteiger partial charge in [0.05, 0.1) is 11.9 Å². The van der Waals surface area contributed by atoms with E-state index in [1.165, 1.54) is 10.6 Å². The first-order valence-electron chi connectivity index (χ1n) is 12.6. The van der Waals surface area contributed by atoms with Gasteiger partial charge in [-0.25, -0.2) is 8.42 Å². The number of nitrogens with one attached hydrogen (secondary N) is 1. The van der Waals surface area contributed by atoms with E-state index in [0.717, 1.165) is 35.1 Å². The quantitative estimate of drug-likeness (QED) is 0.398. The van der Waals surface area contributed by atoms with Crippen LogP contribution in [0.4, 0.5) is 5.69 Å². The van der Waals surface area contributed by atoms with Gasteiger partial charge in [-0.3, -0.25) is 13.9 Å². The number of amides is 2. The summed E-state index contributed by atoms with van der Waals surface area (Å²) in [6.45, 7) is 10.7. The summed E-state index contributed by atoms with van der Waals surface area (Å²) in [7, 11) is -3.53. The molecule has 0 aliphatic carbocycles. The Morgan fingerprint density at radius 3 is 2.28 bits per heavy atom. The van der Waals surface area contributed by atoms with E-state index >= 15 is 0 Å². The van der Waals surface area contributed by atoms with Crippen LogP contribution in [0.3, 0.4) is 0 Å². The number of rotatable bonds is 13. The monoisotopic (exact) mass is 515 g/mol. The third kappa shape index (κ3) is 8.36. The fraction of sp³-hybridized carbons (Fsp3) is 0.500. The Bertz CT molecular complexity index is 1130. The minimum atomic E-state index is -3.53. The summed E-state index contributed by atoms with van der Waals surface area (Å²) in [6.07, 6.45) is 3.51. The predicted octanol–water partition coefficient (Wildman–Crippen LogP) is 4.49. The van der Waals surface area contributed by atoms with Crippen LogP contribution < -0.4 is 9.62 Å². The summed E-state index contributed by atoms with van der Waals surface area (Å²) < 4.78 is 26.5. The average Bonchev–Trinajstić information content (AvgIpc) is 2.82. The summed E-state index contributed by atoms with van der Waals surface area (Å²) in [4.78, 5) is 27.7. The maximum atomic E-state index is 13.4. The summed E-state index contributed by atoms with van der Waals surface area (Å²) in [5.41, 5.74) is 4.59. The van der Waals surface area contributed by atoms with Crippen LogP contribution in [0, 0.1) is 20.8 Å². The Morgan fingerprint density at radius 2 is 1.67 bits per heavy atom. The molecule has 0 saturated carbocycles. The van der Waals surface area contributed by atoms with Gasteiger partial charge < -0.3 is 10.2 Å². The number of sulfonamides is 1. The second kappa shape index (κ2) is 13.4. The molecule has 2 amide bonds. The van der Waals surface area contributed by atoms with E-state index in [1.807, 2.05) is 57.2 Å². The third-order valence-electron chi connectivity index (χ3n) is 6.47. The van der Waals surface area contributed by atoms with Crippen molar-refractivity contribution >= 4 is 27.5 Å². The van der Waals surface area contributed by atoms with Crippen molar-refractivity contribution in [3.05, 3.63) is 64.7 Å². The van der Waals surface area contributed by atoms with Crippen molar-refractivity contribution in [1.29, 1.82) is 0 Å². The minimum absolute atomic E-state index is 0.134. The van der Waals surface area contributed by atoms with Crippen LogP contribution in [0.2, 0.25) is 0 Å². The number of benzene rings is 2. The Kier molecular flexibility index (Phi) is 11.0. The molecule has 0 heterocycles. The van der Waals surface area contributed by atoms with Gasteiger partial charge >= 0.3 is 0 Å².